The zero-order valence-corrected chi connectivity index (χ0v) is 22.5. The Morgan fingerprint density at radius 2 is 2.03 bits per heavy atom. The summed E-state index contributed by atoms with van der Waals surface area (Å²) in [7, 11) is 4.16. The third-order valence-corrected chi connectivity index (χ3v) is 7.07. The number of piperidine rings is 1. The van der Waals surface area contributed by atoms with Crippen LogP contribution in [-0.2, 0) is 4.79 Å². The molecule has 9 heteroatoms. The van der Waals surface area contributed by atoms with Crippen molar-refractivity contribution in [3.63, 3.8) is 0 Å². The van der Waals surface area contributed by atoms with Crippen molar-refractivity contribution >= 4 is 22.6 Å². The number of primary amides is 1. The first-order valence-electron chi connectivity index (χ1n) is 13.1. The van der Waals surface area contributed by atoms with Gasteiger partial charge in [0.15, 0.2) is 0 Å². The summed E-state index contributed by atoms with van der Waals surface area (Å²) in [5, 5.41) is 10.3. The van der Waals surface area contributed by atoms with E-state index in [2.05, 4.69) is 35.8 Å². The number of ether oxygens (including phenoxy) is 2. The number of carbonyl (C=O) groups is 2. The Kier molecular flexibility index (Phi) is 8.38. The maximum atomic E-state index is 12.3. The quantitative estimate of drug-likeness (QED) is 0.560. The molecular weight excluding hydrogens is 482 g/mol. The van der Waals surface area contributed by atoms with Gasteiger partial charge in [-0.25, -0.2) is 4.98 Å². The number of carbonyl (C=O) groups excluding carboxylic acids is 2. The SMILES string of the molecule is CC(C)Oc1cc2c(O[C@@H]3CCCN(C(=O)CC#N)C3)ncc(C#CC3CC(N(C)C)C3)c2cc1C(N)=O. The zero-order valence-electron chi connectivity index (χ0n) is 22.5. The number of nitriles is 1. The third-order valence-electron chi connectivity index (χ3n) is 7.07. The van der Waals surface area contributed by atoms with Crippen molar-refractivity contribution in [2.24, 2.45) is 11.7 Å². The maximum Gasteiger partial charge on any atom is 0.252 e. The lowest BCUT2D eigenvalue weighted by atomic mass is 9.80. The first-order valence-corrected chi connectivity index (χ1v) is 13.1. The van der Waals surface area contributed by atoms with Crippen LogP contribution in [0.25, 0.3) is 10.8 Å². The number of pyridine rings is 1. The standard InChI is InChI=1S/C29H35N5O4/c1-18(2)37-26-15-24-23(14-25(26)28(31)36)20(8-7-19-12-21(13-19)33(3)4)16-32-29(24)38-22-6-5-11-34(17-22)27(35)9-10-30/h14-16,18-19,21-22H,5-6,9,11-13,17H2,1-4H3,(H2,31,36)/t19?,21?,22-/m1/s1. The maximum absolute atomic E-state index is 12.3. The smallest absolute Gasteiger partial charge is 0.252 e. The first kappa shape index (κ1) is 27.2. The minimum atomic E-state index is -0.590. The predicted molar refractivity (Wildman–Crippen MR) is 144 cm³/mol. The Labute approximate surface area is 223 Å². The number of hydrogen-bond acceptors (Lipinski definition) is 7. The van der Waals surface area contributed by atoms with Crippen LogP contribution < -0.4 is 15.2 Å². The molecule has 0 bridgehead atoms. The van der Waals surface area contributed by atoms with Crippen LogP contribution in [0, 0.1) is 29.1 Å². The Balaban J connectivity index is 1.70. The number of nitrogens with zero attached hydrogens (tertiary/aromatic N) is 4. The van der Waals surface area contributed by atoms with E-state index in [4.69, 9.17) is 20.5 Å². The lowest BCUT2D eigenvalue weighted by Crippen LogP contribution is -2.44. The Morgan fingerprint density at radius 1 is 1.26 bits per heavy atom. The van der Waals surface area contributed by atoms with E-state index >= 15 is 0 Å². The van der Waals surface area contributed by atoms with Crippen molar-refractivity contribution in [1.82, 2.24) is 14.8 Å². The molecule has 2 fully saturated rings. The largest absolute Gasteiger partial charge is 0.490 e. The lowest BCUT2D eigenvalue weighted by Gasteiger charge is -2.36. The van der Waals surface area contributed by atoms with Gasteiger partial charge in [0.1, 0.15) is 18.3 Å². The highest BCUT2D eigenvalue weighted by Gasteiger charge is 2.29. The highest BCUT2D eigenvalue weighted by molar-refractivity contribution is 6.03. The molecule has 200 valence electrons. The Bertz CT molecular complexity index is 1310. The van der Waals surface area contributed by atoms with E-state index in [1.807, 2.05) is 19.9 Å². The first-order chi connectivity index (χ1) is 18.2. The van der Waals surface area contributed by atoms with Crippen LogP contribution >= 0.6 is 0 Å². The highest BCUT2D eigenvalue weighted by atomic mass is 16.5. The molecule has 0 unspecified atom stereocenters. The average Bonchev–Trinajstić information content (AvgIpc) is 2.83. The molecule has 1 aliphatic carbocycles. The van der Waals surface area contributed by atoms with Crippen LogP contribution in [0.1, 0.15) is 61.9 Å². The van der Waals surface area contributed by atoms with Gasteiger partial charge in [0, 0.05) is 35.5 Å². The van der Waals surface area contributed by atoms with Crippen molar-refractivity contribution in [2.75, 3.05) is 27.2 Å². The molecule has 1 saturated carbocycles. The molecule has 1 saturated heterocycles. The molecule has 38 heavy (non-hydrogen) atoms. The number of likely N-dealkylation sites (tertiary alicyclic amines) is 1. The molecule has 1 aromatic carbocycles. The van der Waals surface area contributed by atoms with Crippen LogP contribution in [0.4, 0.5) is 0 Å². The molecule has 2 aromatic rings. The number of nitrogens with two attached hydrogens (primary N) is 1. The Morgan fingerprint density at radius 3 is 2.68 bits per heavy atom. The van der Waals surface area contributed by atoms with Crippen molar-refractivity contribution in [2.45, 2.75) is 64.2 Å². The van der Waals surface area contributed by atoms with E-state index in [0.717, 1.165) is 25.7 Å². The van der Waals surface area contributed by atoms with Gasteiger partial charge in [0.25, 0.3) is 5.91 Å². The van der Waals surface area contributed by atoms with Crippen molar-refractivity contribution in [1.29, 1.82) is 5.26 Å². The molecule has 2 aliphatic rings. The molecule has 9 nitrogen and oxygen atoms in total. The number of benzene rings is 1. The number of hydrogen-bond donors (Lipinski definition) is 1. The van der Waals surface area contributed by atoms with Crippen LogP contribution in [0.5, 0.6) is 11.6 Å². The van der Waals surface area contributed by atoms with Gasteiger partial charge in [0.2, 0.25) is 11.8 Å². The number of rotatable bonds is 7. The van der Waals surface area contributed by atoms with Gasteiger partial charge < -0.3 is 25.0 Å². The van der Waals surface area contributed by atoms with E-state index < -0.39 is 5.91 Å². The molecule has 0 radical (unpaired) electrons. The minimum absolute atomic E-state index is 0.149. The van der Waals surface area contributed by atoms with E-state index in [9.17, 15) is 9.59 Å². The van der Waals surface area contributed by atoms with Gasteiger partial charge in [0.05, 0.1) is 29.8 Å². The van der Waals surface area contributed by atoms with Crippen LogP contribution in [-0.4, -0.2) is 72.0 Å². The fraction of sp³-hybridized carbons (Fsp3) is 0.517. The number of fused-ring (bicyclic) bond motifs is 1. The highest BCUT2D eigenvalue weighted by Crippen LogP contribution is 2.35. The summed E-state index contributed by atoms with van der Waals surface area (Å²) in [4.78, 5) is 33.1. The zero-order chi connectivity index (χ0) is 27.4. The molecule has 0 spiro atoms. The topological polar surface area (TPSA) is 122 Å². The normalized spacial score (nSPS) is 20.9. The summed E-state index contributed by atoms with van der Waals surface area (Å²) in [5.74, 6) is 6.91. The van der Waals surface area contributed by atoms with Gasteiger partial charge in [-0.1, -0.05) is 11.8 Å². The van der Waals surface area contributed by atoms with Crippen LogP contribution in [0.15, 0.2) is 18.3 Å². The predicted octanol–water partition coefficient (Wildman–Crippen LogP) is 3.10. The molecule has 2 heterocycles. The van der Waals surface area contributed by atoms with E-state index in [-0.39, 0.29) is 30.1 Å². The second-order valence-electron chi connectivity index (χ2n) is 10.5. The second-order valence-corrected chi connectivity index (χ2v) is 10.5. The van der Waals surface area contributed by atoms with Gasteiger partial charge in [-0.2, -0.15) is 5.26 Å². The number of amides is 2. The fourth-order valence-corrected chi connectivity index (χ4v) is 4.88. The van der Waals surface area contributed by atoms with Crippen LogP contribution in [0.3, 0.4) is 0 Å². The van der Waals surface area contributed by atoms with Gasteiger partial charge in [-0.3, -0.25) is 9.59 Å². The summed E-state index contributed by atoms with van der Waals surface area (Å²) in [5.41, 5.74) is 6.68. The fourth-order valence-electron chi connectivity index (χ4n) is 4.88. The van der Waals surface area contributed by atoms with Gasteiger partial charge in [-0.05, 0) is 65.8 Å². The Hall–Kier alpha value is -3.82. The third kappa shape index (κ3) is 6.17. The minimum Gasteiger partial charge on any atom is -0.490 e. The van der Waals surface area contributed by atoms with E-state index in [1.54, 1.807) is 23.2 Å². The summed E-state index contributed by atoms with van der Waals surface area (Å²) >= 11 is 0. The van der Waals surface area contributed by atoms with Crippen molar-refractivity contribution in [3.05, 3.63) is 29.5 Å². The average molecular weight is 518 g/mol. The monoisotopic (exact) mass is 517 g/mol. The van der Waals surface area contributed by atoms with Gasteiger partial charge >= 0.3 is 0 Å². The molecular formula is C29H35N5O4. The molecule has 2 N–H and O–H groups in total. The second kappa shape index (κ2) is 11.7. The van der Waals surface area contributed by atoms with Crippen LogP contribution in [0.2, 0.25) is 0 Å². The molecule has 1 atom stereocenters. The molecule has 1 aromatic heterocycles. The summed E-state index contributed by atoms with van der Waals surface area (Å²) < 4.78 is 12.3. The number of aromatic nitrogens is 1. The summed E-state index contributed by atoms with van der Waals surface area (Å²) in [6.07, 6.45) is 4.64. The van der Waals surface area contributed by atoms with E-state index in [0.29, 0.717) is 53.0 Å². The summed E-state index contributed by atoms with van der Waals surface area (Å²) in [6, 6.07) is 5.92. The van der Waals surface area contributed by atoms with E-state index in [1.165, 1.54) is 0 Å². The lowest BCUT2D eigenvalue weighted by molar-refractivity contribution is -0.132. The van der Waals surface area contributed by atoms with Gasteiger partial charge in [-0.15, -0.1) is 0 Å². The van der Waals surface area contributed by atoms with Crippen molar-refractivity contribution < 1.29 is 19.1 Å². The molecule has 2 amide bonds. The summed E-state index contributed by atoms with van der Waals surface area (Å²) in [6.45, 7) is 4.74. The molecule has 4 rings (SSSR count). The van der Waals surface area contributed by atoms with Crippen molar-refractivity contribution in [3.8, 4) is 29.5 Å². The molecule has 1 aliphatic heterocycles.